The van der Waals surface area contributed by atoms with Crippen molar-refractivity contribution >= 4 is 11.9 Å². The molecule has 2 aromatic carbocycles. The molecule has 0 aliphatic heterocycles. The van der Waals surface area contributed by atoms with Crippen molar-refractivity contribution in [2.75, 3.05) is 5.32 Å². The second-order valence-corrected chi connectivity index (χ2v) is 5.01. The van der Waals surface area contributed by atoms with Gasteiger partial charge in [0.15, 0.2) is 0 Å². The van der Waals surface area contributed by atoms with Gasteiger partial charge in [-0.25, -0.2) is 13.9 Å². The van der Waals surface area contributed by atoms with E-state index in [9.17, 15) is 9.18 Å². The highest BCUT2D eigenvalue weighted by atomic mass is 19.1. The Morgan fingerprint density at radius 2 is 1.91 bits per heavy atom. The van der Waals surface area contributed by atoms with Crippen LogP contribution in [0, 0.1) is 5.82 Å². The first-order valence-corrected chi connectivity index (χ1v) is 7.00. The van der Waals surface area contributed by atoms with Crippen LogP contribution in [0.25, 0.3) is 5.69 Å². The zero-order valence-electron chi connectivity index (χ0n) is 12.1. The maximum atomic E-state index is 13.4. The van der Waals surface area contributed by atoms with Gasteiger partial charge in [-0.05, 0) is 23.8 Å². The molecule has 0 saturated carbocycles. The third-order valence-corrected chi connectivity index (χ3v) is 3.28. The molecular weight excluding hydrogens is 297 g/mol. The summed E-state index contributed by atoms with van der Waals surface area (Å²) in [4.78, 5) is 11.0. The molecule has 0 spiro atoms. The van der Waals surface area contributed by atoms with Crippen molar-refractivity contribution in [3.8, 4) is 5.69 Å². The maximum Gasteiger partial charge on any atom is 0.410 e. The first kappa shape index (κ1) is 14.8. The Bertz CT molecular complexity index is 831. The SMILES string of the molecule is O=C(O)Nc1cc(Cc2ccccc2)nn1-c1cccc(F)c1. The van der Waals surface area contributed by atoms with E-state index in [-0.39, 0.29) is 5.82 Å². The highest BCUT2D eigenvalue weighted by Gasteiger charge is 2.12. The predicted molar refractivity (Wildman–Crippen MR) is 84.4 cm³/mol. The minimum Gasteiger partial charge on any atom is -0.465 e. The molecule has 0 unspecified atom stereocenters. The maximum absolute atomic E-state index is 13.4. The molecule has 3 aromatic rings. The summed E-state index contributed by atoms with van der Waals surface area (Å²) in [6, 6.07) is 17.2. The van der Waals surface area contributed by atoms with E-state index in [1.807, 2.05) is 30.3 Å². The summed E-state index contributed by atoms with van der Waals surface area (Å²) in [6.45, 7) is 0. The quantitative estimate of drug-likeness (QED) is 0.772. The lowest BCUT2D eigenvalue weighted by molar-refractivity contribution is 0.209. The van der Waals surface area contributed by atoms with Gasteiger partial charge in [0, 0.05) is 12.5 Å². The molecule has 0 radical (unpaired) electrons. The molecule has 1 aromatic heterocycles. The number of carboxylic acid groups (broad SMARTS) is 1. The van der Waals surface area contributed by atoms with E-state index in [0.717, 1.165) is 5.56 Å². The third kappa shape index (κ3) is 3.55. The summed E-state index contributed by atoms with van der Waals surface area (Å²) in [6.07, 6.45) is -0.647. The molecule has 0 aliphatic rings. The van der Waals surface area contributed by atoms with E-state index in [1.165, 1.54) is 16.8 Å². The average Bonchev–Trinajstić information content (AvgIpc) is 2.90. The molecule has 1 heterocycles. The number of nitrogens with zero attached hydrogens (tertiary/aromatic N) is 2. The van der Waals surface area contributed by atoms with E-state index in [2.05, 4.69) is 10.4 Å². The van der Waals surface area contributed by atoms with Gasteiger partial charge < -0.3 is 5.11 Å². The molecule has 0 saturated heterocycles. The topological polar surface area (TPSA) is 67.2 Å². The van der Waals surface area contributed by atoms with Crippen molar-refractivity contribution in [3.63, 3.8) is 0 Å². The van der Waals surface area contributed by atoms with Crippen LogP contribution in [0.5, 0.6) is 0 Å². The van der Waals surface area contributed by atoms with E-state index < -0.39 is 11.9 Å². The number of halogens is 1. The number of nitrogens with one attached hydrogen (secondary N) is 1. The fourth-order valence-electron chi connectivity index (χ4n) is 2.32. The van der Waals surface area contributed by atoms with Crippen LogP contribution in [-0.4, -0.2) is 21.0 Å². The normalized spacial score (nSPS) is 10.5. The Hall–Kier alpha value is -3.15. The van der Waals surface area contributed by atoms with Crippen LogP contribution in [0.15, 0.2) is 60.7 Å². The van der Waals surface area contributed by atoms with Crippen molar-refractivity contribution in [3.05, 3.63) is 77.7 Å². The third-order valence-electron chi connectivity index (χ3n) is 3.28. The lowest BCUT2D eigenvalue weighted by atomic mass is 10.1. The minimum absolute atomic E-state index is 0.272. The first-order valence-electron chi connectivity index (χ1n) is 7.00. The van der Waals surface area contributed by atoms with Crippen LogP contribution >= 0.6 is 0 Å². The van der Waals surface area contributed by atoms with Gasteiger partial charge >= 0.3 is 6.09 Å². The fourth-order valence-corrected chi connectivity index (χ4v) is 2.32. The molecule has 1 amide bonds. The largest absolute Gasteiger partial charge is 0.465 e. The molecule has 6 heteroatoms. The van der Waals surface area contributed by atoms with Gasteiger partial charge in [0.25, 0.3) is 0 Å². The Morgan fingerprint density at radius 1 is 1.13 bits per heavy atom. The average molecular weight is 311 g/mol. The molecule has 3 rings (SSSR count). The van der Waals surface area contributed by atoms with Gasteiger partial charge in [-0.3, -0.25) is 5.32 Å². The van der Waals surface area contributed by atoms with Crippen LogP contribution in [0.4, 0.5) is 15.0 Å². The smallest absolute Gasteiger partial charge is 0.410 e. The van der Waals surface area contributed by atoms with Gasteiger partial charge in [-0.2, -0.15) is 5.10 Å². The van der Waals surface area contributed by atoms with Crippen LogP contribution in [0.2, 0.25) is 0 Å². The van der Waals surface area contributed by atoms with E-state index in [0.29, 0.717) is 17.8 Å². The van der Waals surface area contributed by atoms with Crippen LogP contribution in [0.3, 0.4) is 0 Å². The van der Waals surface area contributed by atoms with Crippen molar-refractivity contribution in [1.29, 1.82) is 0 Å². The lowest BCUT2D eigenvalue weighted by Gasteiger charge is -2.06. The molecule has 0 atom stereocenters. The molecule has 116 valence electrons. The van der Waals surface area contributed by atoms with Crippen LogP contribution in [0.1, 0.15) is 11.3 Å². The molecular formula is C17H14FN3O2. The number of amides is 1. The van der Waals surface area contributed by atoms with Gasteiger partial charge in [0.1, 0.15) is 11.6 Å². The zero-order valence-corrected chi connectivity index (χ0v) is 12.1. The molecule has 0 fully saturated rings. The number of benzene rings is 2. The zero-order chi connectivity index (χ0) is 16.2. The van der Waals surface area contributed by atoms with Gasteiger partial charge in [0.05, 0.1) is 11.4 Å². The van der Waals surface area contributed by atoms with Gasteiger partial charge in [-0.15, -0.1) is 0 Å². The number of carbonyl (C=O) groups is 1. The summed E-state index contributed by atoms with van der Waals surface area (Å²) in [5.74, 6) is -0.141. The van der Waals surface area contributed by atoms with Crippen molar-refractivity contribution in [2.24, 2.45) is 0 Å². The van der Waals surface area contributed by atoms with E-state index in [1.54, 1.807) is 18.2 Å². The van der Waals surface area contributed by atoms with Crippen LogP contribution in [-0.2, 0) is 6.42 Å². The predicted octanol–water partition coefficient (Wildman–Crippen LogP) is 3.69. The Morgan fingerprint density at radius 3 is 2.61 bits per heavy atom. The minimum atomic E-state index is -1.20. The molecule has 2 N–H and O–H groups in total. The second-order valence-electron chi connectivity index (χ2n) is 5.01. The first-order chi connectivity index (χ1) is 11.1. The highest BCUT2D eigenvalue weighted by Crippen LogP contribution is 2.20. The number of anilines is 1. The van der Waals surface area contributed by atoms with Crippen molar-refractivity contribution in [1.82, 2.24) is 9.78 Å². The summed E-state index contributed by atoms with van der Waals surface area (Å²) < 4.78 is 14.8. The standard InChI is InChI=1S/C17H14FN3O2/c18-13-7-4-8-15(10-13)21-16(19-17(22)23)11-14(20-21)9-12-5-2-1-3-6-12/h1-8,10-11,19H,9H2,(H,22,23). The number of rotatable bonds is 4. The summed E-state index contributed by atoms with van der Waals surface area (Å²) in [5.41, 5.74) is 2.19. The Balaban J connectivity index is 1.98. The molecule has 23 heavy (non-hydrogen) atoms. The monoisotopic (exact) mass is 311 g/mol. The molecule has 0 aliphatic carbocycles. The van der Waals surface area contributed by atoms with E-state index in [4.69, 9.17) is 5.11 Å². The number of hydrogen-bond acceptors (Lipinski definition) is 2. The highest BCUT2D eigenvalue weighted by molar-refractivity contribution is 5.82. The van der Waals surface area contributed by atoms with Crippen molar-refractivity contribution in [2.45, 2.75) is 6.42 Å². The van der Waals surface area contributed by atoms with Crippen LogP contribution < -0.4 is 5.32 Å². The second kappa shape index (κ2) is 6.31. The number of aromatic nitrogens is 2. The summed E-state index contributed by atoms with van der Waals surface area (Å²) >= 11 is 0. The van der Waals surface area contributed by atoms with E-state index >= 15 is 0 Å². The van der Waals surface area contributed by atoms with Gasteiger partial charge in [0.2, 0.25) is 0 Å². The van der Waals surface area contributed by atoms with Gasteiger partial charge in [-0.1, -0.05) is 36.4 Å². The lowest BCUT2D eigenvalue weighted by Crippen LogP contribution is -2.12. The fraction of sp³-hybridized carbons (Fsp3) is 0.0588. The Kier molecular flexibility index (Phi) is 4.05. The summed E-state index contributed by atoms with van der Waals surface area (Å²) in [5, 5.41) is 15.7. The molecule has 0 bridgehead atoms. The Labute approximate surface area is 132 Å². The summed E-state index contributed by atoms with van der Waals surface area (Å²) in [7, 11) is 0. The van der Waals surface area contributed by atoms with Crippen molar-refractivity contribution < 1.29 is 14.3 Å². The number of hydrogen-bond donors (Lipinski definition) is 2. The molecule has 5 nitrogen and oxygen atoms in total.